The fraction of sp³-hybridized carbons (Fsp3) is 0.480. The molecule has 0 aliphatic rings. The lowest BCUT2D eigenvalue weighted by atomic mass is 9.83. The molecule has 0 aromatic heterocycles. The van der Waals surface area contributed by atoms with Crippen molar-refractivity contribution < 1.29 is 22.8 Å². The lowest BCUT2D eigenvalue weighted by molar-refractivity contribution is -0.0661. The van der Waals surface area contributed by atoms with Crippen molar-refractivity contribution in [3.8, 4) is 0 Å². The first-order valence-corrected chi connectivity index (χ1v) is 13.1. The van der Waals surface area contributed by atoms with Crippen molar-refractivity contribution in [1.82, 2.24) is 0 Å². The predicted molar refractivity (Wildman–Crippen MR) is 125 cm³/mol. The molecule has 0 N–H and O–H groups in total. The van der Waals surface area contributed by atoms with Gasteiger partial charge in [0.05, 0.1) is 6.10 Å². The summed E-state index contributed by atoms with van der Waals surface area (Å²) in [5.74, 6) is -0.0691. The zero-order valence-electron chi connectivity index (χ0n) is 19.4. The van der Waals surface area contributed by atoms with Crippen molar-refractivity contribution in [1.29, 1.82) is 0 Å². The van der Waals surface area contributed by atoms with Gasteiger partial charge in [-0.25, -0.2) is 0 Å². The highest BCUT2D eigenvalue weighted by atomic mass is 28.4. The number of carbonyl (C=O) groups excluding carboxylic acids is 1. The number of benzene rings is 2. The average Bonchev–Trinajstić information content (AvgIpc) is 2.78. The van der Waals surface area contributed by atoms with E-state index in [1.165, 1.54) is 0 Å². The van der Waals surface area contributed by atoms with Gasteiger partial charge in [0.15, 0.2) is 11.4 Å². The van der Waals surface area contributed by atoms with Crippen LogP contribution in [0.15, 0.2) is 60.7 Å². The molecule has 2 rings (SSSR count). The van der Waals surface area contributed by atoms with Gasteiger partial charge in [-0.1, -0.05) is 60.7 Å². The normalized spacial score (nSPS) is 13.9. The second-order valence-electron chi connectivity index (χ2n) is 7.54. The first-order valence-electron chi connectivity index (χ1n) is 11.2. The molecule has 2 aromatic rings. The summed E-state index contributed by atoms with van der Waals surface area (Å²) in [7, 11) is -2.97. The zero-order chi connectivity index (χ0) is 22.7. The molecule has 0 spiro atoms. The molecule has 0 amide bonds. The molecule has 170 valence electrons. The molecule has 0 aliphatic heterocycles. The van der Waals surface area contributed by atoms with Crippen LogP contribution in [0.5, 0.6) is 0 Å². The number of ether oxygens (including phenoxy) is 1. The van der Waals surface area contributed by atoms with E-state index in [4.69, 9.17) is 18.0 Å². The van der Waals surface area contributed by atoms with Crippen LogP contribution in [-0.2, 0) is 23.6 Å². The van der Waals surface area contributed by atoms with Crippen molar-refractivity contribution in [2.24, 2.45) is 0 Å². The first-order chi connectivity index (χ1) is 14.9. The molecule has 2 aromatic carbocycles. The van der Waals surface area contributed by atoms with Gasteiger partial charge in [0.1, 0.15) is 0 Å². The Morgan fingerprint density at radius 1 is 0.839 bits per heavy atom. The highest BCUT2D eigenvalue weighted by Gasteiger charge is 2.48. The first kappa shape index (κ1) is 25.4. The van der Waals surface area contributed by atoms with Crippen LogP contribution >= 0.6 is 0 Å². The molecule has 0 bridgehead atoms. The van der Waals surface area contributed by atoms with E-state index < -0.39 is 14.4 Å². The van der Waals surface area contributed by atoms with Gasteiger partial charge in [-0.3, -0.25) is 4.79 Å². The molecule has 0 radical (unpaired) electrons. The van der Waals surface area contributed by atoms with Crippen LogP contribution in [0.1, 0.15) is 57.0 Å². The molecule has 0 aliphatic carbocycles. The molecule has 0 saturated carbocycles. The molecule has 1 unspecified atom stereocenters. The zero-order valence-corrected chi connectivity index (χ0v) is 20.4. The minimum atomic E-state index is -2.97. The molecular formula is C25H36O5Si. The smallest absolute Gasteiger partial charge is 0.374 e. The van der Waals surface area contributed by atoms with Crippen molar-refractivity contribution in [2.75, 3.05) is 19.8 Å². The predicted octanol–water partition coefficient (Wildman–Crippen LogP) is 5.63. The van der Waals surface area contributed by atoms with Gasteiger partial charge in [-0.15, -0.1) is 0 Å². The van der Waals surface area contributed by atoms with Crippen LogP contribution in [0.3, 0.4) is 0 Å². The Bertz CT molecular complexity index is 764. The average molecular weight is 445 g/mol. The Hall–Kier alpha value is -1.83. The SMILES string of the molecule is CCO[Si](CCC(OC(C)C)(C(=O)c1ccccc1)c1ccccc1)(OCC)OCC. The summed E-state index contributed by atoms with van der Waals surface area (Å²) in [6.07, 6.45) is 0.241. The van der Waals surface area contributed by atoms with E-state index in [-0.39, 0.29) is 11.9 Å². The minimum absolute atomic E-state index is 0.0691. The molecule has 5 nitrogen and oxygen atoms in total. The number of Topliss-reactive ketones (excluding diaryl/α,β-unsaturated/α-hetero) is 1. The van der Waals surface area contributed by atoms with E-state index in [9.17, 15) is 4.79 Å². The molecule has 0 fully saturated rings. The highest BCUT2D eigenvalue weighted by Crippen LogP contribution is 2.38. The summed E-state index contributed by atoms with van der Waals surface area (Å²) in [6, 6.07) is 19.5. The molecule has 31 heavy (non-hydrogen) atoms. The van der Waals surface area contributed by atoms with E-state index in [0.717, 1.165) is 5.56 Å². The second-order valence-corrected chi connectivity index (χ2v) is 10.3. The van der Waals surface area contributed by atoms with E-state index >= 15 is 0 Å². The minimum Gasteiger partial charge on any atom is -0.374 e. The molecule has 6 heteroatoms. The van der Waals surface area contributed by atoms with Crippen molar-refractivity contribution in [3.05, 3.63) is 71.8 Å². The molecular weight excluding hydrogens is 408 g/mol. The van der Waals surface area contributed by atoms with Gasteiger partial charge >= 0.3 is 8.80 Å². The number of hydrogen-bond donors (Lipinski definition) is 0. The van der Waals surface area contributed by atoms with Gasteiger partial charge < -0.3 is 18.0 Å². The van der Waals surface area contributed by atoms with Gasteiger partial charge in [0.25, 0.3) is 0 Å². The number of hydrogen-bond acceptors (Lipinski definition) is 5. The van der Waals surface area contributed by atoms with Crippen LogP contribution in [0.2, 0.25) is 6.04 Å². The molecule has 0 heterocycles. The lowest BCUT2D eigenvalue weighted by Gasteiger charge is -2.37. The van der Waals surface area contributed by atoms with Crippen LogP contribution < -0.4 is 0 Å². The van der Waals surface area contributed by atoms with Crippen LogP contribution in [0.4, 0.5) is 0 Å². The summed E-state index contributed by atoms with van der Waals surface area (Å²) in [5.41, 5.74) is 0.272. The number of ketones is 1. The summed E-state index contributed by atoms with van der Waals surface area (Å²) < 4.78 is 24.7. The van der Waals surface area contributed by atoms with Crippen LogP contribution in [-0.4, -0.2) is 40.5 Å². The van der Waals surface area contributed by atoms with E-state index in [1.807, 2.05) is 95.3 Å². The topological polar surface area (TPSA) is 54.0 Å². The van der Waals surface area contributed by atoms with E-state index in [1.54, 1.807) is 0 Å². The largest absolute Gasteiger partial charge is 0.501 e. The monoisotopic (exact) mass is 444 g/mol. The van der Waals surface area contributed by atoms with Gasteiger partial charge in [0, 0.05) is 31.4 Å². The number of rotatable bonds is 14. The Labute approximate surface area is 188 Å². The van der Waals surface area contributed by atoms with Crippen molar-refractivity contribution in [3.63, 3.8) is 0 Å². The third-order valence-corrected chi connectivity index (χ3v) is 8.00. The van der Waals surface area contributed by atoms with Crippen molar-refractivity contribution in [2.45, 2.75) is 58.8 Å². The Kier molecular flexibility index (Phi) is 10.1. The van der Waals surface area contributed by atoms with Gasteiger partial charge in [-0.05, 0) is 46.6 Å². The maximum atomic E-state index is 14.0. The van der Waals surface area contributed by atoms with Gasteiger partial charge in [-0.2, -0.15) is 0 Å². The second kappa shape index (κ2) is 12.3. The fourth-order valence-corrected chi connectivity index (χ4v) is 6.49. The van der Waals surface area contributed by atoms with Crippen LogP contribution in [0, 0.1) is 0 Å². The Morgan fingerprint density at radius 2 is 1.32 bits per heavy atom. The highest BCUT2D eigenvalue weighted by molar-refractivity contribution is 6.60. The lowest BCUT2D eigenvalue weighted by Crippen LogP contribution is -2.49. The molecule has 0 saturated heterocycles. The maximum Gasteiger partial charge on any atom is 0.501 e. The molecule has 1 atom stereocenters. The summed E-state index contributed by atoms with van der Waals surface area (Å²) in [4.78, 5) is 14.0. The standard InChI is InChI=1S/C25H36O5Si/c1-6-27-31(28-7-2,29-8-3)20-19-25(30-21(4)5,23-17-13-10-14-18-23)24(26)22-15-11-9-12-16-22/h9-18,21H,6-8,19-20H2,1-5H3. The summed E-state index contributed by atoms with van der Waals surface area (Å²) >= 11 is 0. The quantitative estimate of drug-likeness (QED) is 0.279. The summed E-state index contributed by atoms with van der Waals surface area (Å²) in [6.45, 7) is 11.2. The summed E-state index contributed by atoms with van der Waals surface area (Å²) in [5, 5.41) is 0. The number of carbonyl (C=O) groups is 1. The Morgan fingerprint density at radius 3 is 1.77 bits per heavy atom. The third-order valence-electron chi connectivity index (χ3n) is 4.96. The maximum absolute atomic E-state index is 14.0. The van der Waals surface area contributed by atoms with E-state index in [2.05, 4.69) is 0 Å². The third kappa shape index (κ3) is 6.57. The van der Waals surface area contributed by atoms with Crippen molar-refractivity contribution >= 4 is 14.6 Å². The van der Waals surface area contributed by atoms with Gasteiger partial charge in [0.2, 0.25) is 0 Å². The Balaban J connectivity index is 2.55. The van der Waals surface area contributed by atoms with Crippen LogP contribution in [0.25, 0.3) is 0 Å². The fourth-order valence-electron chi connectivity index (χ4n) is 3.83. The van der Waals surface area contributed by atoms with E-state index in [0.29, 0.717) is 37.8 Å².